The molecule has 0 bridgehead atoms. The van der Waals surface area contributed by atoms with Crippen LogP contribution in [0.3, 0.4) is 0 Å². The predicted molar refractivity (Wildman–Crippen MR) is 74.2 cm³/mol. The van der Waals surface area contributed by atoms with E-state index in [0.717, 1.165) is 12.8 Å². The average Bonchev–Trinajstić information content (AvgIpc) is 3.14. The molecule has 0 amide bonds. The van der Waals surface area contributed by atoms with Gasteiger partial charge in [-0.1, -0.05) is 0 Å². The van der Waals surface area contributed by atoms with E-state index in [1.165, 1.54) is 6.20 Å². The normalized spacial score (nSPS) is 20.7. The lowest BCUT2D eigenvalue weighted by Gasteiger charge is -2.17. The molecular formula is C12H14N4O4S. The van der Waals surface area contributed by atoms with Crippen molar-refractivity contribution in [2.45, 2.75) is 29.8 Å². The van der Waals surface area contributed by atoms with Gasteiger partial charge in [-0.2, -0.15) is 8.42 Å². The van der Waals surface area contributed by atoms with Gasteiger partial charge in [0.2, 0.25) is 5.03 Å². The molecule has 0 spiro atoms. The first-order valence-electron chi connectivity index (χ1n) is 6.38. The number of hydrogen-bond donors (Lipinski definition) is 2. The number of carbonyl (C=O) groups is 1. The summed E-state index contributed by atoms with van der Waals surface area (Å²) in [6, 6.07) is 3.15. The van der Waals surface area contributed by atoms with Crippen molar-refractivity contribution in [1.82, 2.24) is 4.98 Å². The van der Waals surface area contributed by atoms with Crippen LogP contribution in [-0.4, -0.2) is 37.4 Å². The van der Waals surface area contributed by atoms with Crippen LogP contribution in [-0.2, 0) is 19.6 Å². The maximum absolute atomic E-state index is 11.9. The minimum atomic E-state index is -3.89. The molecule has 0 unspecified atom stereocenters. The Labute approximate surface area is 121 Å². The van der Waals surface area contributed by atoms with E-state index in [9.17, 15) is 13.2 Å². The summed E-state index contributed by atoms with van der Waals surface area (Å²) in [6.07, 6.45) is 2.76. The minimum absolute atomic E-state index is 0.0161. The smallest absolute Gasteiger partial charge is 0.313 e. The van der Waals surface area contributed by atoms with Gasteiger partial charge in [0, 0.05) is 6.20 Å². The molecule has 1 aliphatic carbocycles. The Kier molecular flexibility index (Phi) is 3.18. The van der Waals surface area contributed by atoms with Crippen LogP contribution in [0.15, 0.2) is 27.8 Å². The van der Waals surface area contributed by atoms with Gasteiger partial charge in [-0.05, 0) is 25.0 Å². The summed E-state index contributed by atoms with van der Waals surface area (Å²) in [6.45, 7) is 0.143. The molecule has 112 valence electrons. The second-order valence-corrected chi connectivity index (χ2v) is 6.71. The number of nitrogens with zero attached hydrogens (tertiary/aromatic N) is 2. The molecule has 9 heteroatoms. The lowest BCUT2D eigenvalue weighted by Crippen LogP contribution is -2.31. The van der Waals surface area contributed by atoms with Crippen molar-refractivity contribution in [2.75, 3.05) is 11.9 Å². The molecule has 3 rings (SSSR count). The monoisotopic (exact) mass is 310 g/mol. The van der Waals surface area contributed by atoms with Crippen LogP contribution in [0.4, 0.5) is 5.69 Å². The molecule has 2 heterocycles. The number of carbonyl (C=O) groups excluding carboxylic acids is 1. The van der Waals surface area contributed by atoms with Gasteiger partial charge in [0.1, 0.15) is 18.9 Å². The van der Waals surface area contributed by atoms with Crippen molar-refractivity contribution in [2.24, 2.45) is 10.1 Å². The van der Waals surface area contributed by atoms with E-state index in [2.05, 4.69) is 14.7 Å². The third-order valence-corrected chi connectivity index (χ3v) is 4.52. The number of hydrogen-bond acceptors (Lipinski definition) is 7. The molecule has 1 aliphatic heterocycles. The van der Waals surface area contributed by atoms with Gasteiger partial charge in [0.05, 0.1) is 11.2 Å². The van der Waals surface area contributed by atoms with Gasteiger partial charge in [-0.15, -0.1) is 4.40 Å². The fourth-order valence-corrected chi connectivity index (χ4v) is 2.93. The van der Waals surface area contributed by atoms with Crippen molar-refractivity contribution < 1.29 is 17.9 Å². The number of rotatable bonds is 4. The van der Waals surface area contributed by atoms with E-state index in [4.69, 9.17) is 10.5 Å². The maximum Gasteiger partial charge on any atom is 0.313 e. The summed E-state index contributed by atoms with van der Waals surface area (Å²) >= 11 is 0. The molecule has 8 nitrogen and oxygen atoms in total. The predicted octanol–water partition coefficient (Wildman–Crippen LogP) is 0.0189. The van der Waals surface area contributed by atoms with Crippen LogP contribution in [0, 0.1) is 0 Å². The van der Waals surface area contributed by atoms with Crippen molar-refractivity contribution in [3.63, 3.8) is 0 Å². The van der Waals surface area contributed by atoms with Crippen molar-refractivity contribution in [3.8, 4) is 0 Å². The molecule has 0 radical (unpaired) electrons. The van der Waals surface area contributed by atoms with E-state index in [1.807, 2.05) is 0 Å². The number of esters is 1. The zero-order chi connectivity index (χ0) is 15.1. The standard InChI is InChI=1S/C12H14N4O4S/c13-12(3-4-12)7-20-10(17)6-9-15-8-2-1-5-14-11(8)21(18,19)16-9/h1-2,5H,3-4,6-7,13H2,(H,15,16). The Morgan fingerprint density at radius 2 is 2.24 bits per heavy atom. The van der Waals surface area contributed by atoms with Crippen LogP contribution < -0.4 is 11.1 Å². The molecule has 21 heavy (non-hydrogen) atoms. The highest BCUT2D eigenvalue weighted by molar-refractivity contribution is 7.90. The van der Waals surface area contributed by atoms with Gasteiger partial charge >= 0.3 is 16.0 Å². The van der Waals surface area contributed by atoms with Gasteiger partial charge in [0.25, 0.3) is 0 Å². The third-order valence-electron chi connectivity index (χ3n) is 3.25. The first-order valence-corrected chi connectivity index (χ1v) is 7.82. The van der Waals surface area contributed by atoms with E-state index in [-0.39, 0.29) is 23.9 Å². The molecular weight excluding hydrogens is 296 g/mol. The highest BCUT2D eigenvalue weighted by atomic mass is 32.2. The van der Waals surface area contributed by atoms with Crippen molar-refractivity contribution >= 4 is 27.5 Å². The Hall–Kier alpha value is -2.00. The SMILES string of the molecule is NC1(COC(=O)CC2=NS(=O)(=O)c3ncccc3N2)CC1. The highest BCUT2D eigenvalue weighted by Gasteiger charge is 2.39. The number of anilines is 1. The fraction of sp³-hybridized carbons (Fsp3) is 0.417. The van der Waals surface area contributed by atoms with Gasteiger partial charge < -0.3 is 15.8 Å². The second-order valence-electron chi connectivity index (χ2n) is 5.19. The molecule has 2 aliphatic rings. The van der Waals surface area contributed by atoms with Gasteiger partial charge in [0.15, 0.2) is 0 Å². The summed E-state index contributed by atoms with van der Waals surface area (Å²) in [5, 5.41) is 2.62. The number of fused-ring (bicyclic) bond motifs is 1. The zero-order valence-electron chi connectivity index (χ0n) is 11.1. The Bertz CT molecular complexity index is 725. The summed E-state index contributed by atoms with van der Waals surface area (Å²) in [5.74, 6) is -0.553. The number of nitrogens with one attached hydrogen (secondary N) is 1. The van der Waals surface area contributed by atoms with E-state index in [1.54, 1.807) is 12.1 Å². The average molecular weight is 310 g/mol. The fourth-order valence-electron chi connectivity index (χ4n) is 1.85. The Morgan fingerprint density at radius 3 is 2.95 bits per heavy atom. The maximum atomic E-state index is 11.9. The Morgan fingerprint density at radius 1 is 1.48 bits per heavy atom. The molecule has 1 saturated carbocycles. The summed E-state index contributed by atoms with van der Waals surface area (Å²) in [5.41, 5.74) is 5.70. The lowest BCUT2D eigenvalue weighted by atomic mass is 10.3. The summed E-state index contributed by atoms with van der Waals surface area (Å²) in [4.78, 5) is 15.5. The second kappa shape index (κ2) is 4.78. The number of amidine groups is 1. The number of sulfonamides is 1. The first kappa shape index (κ1) is 14.0. The topological polar surface area (TPSA) is 124 Å². The molecule has 1 fully saturated rings. The number of ether oxygens (including phenoxy) is 1. The van der Waals surface area contributed by atoms with Crippen LogP contribution in [0.25, 0.3) is 0 Å². The van der Waals surface area contributed by atoms with Crippen molar-refractivity contribution in [3.05, 3.63) is 18.3 Å². The van der Waals surface area contributed by atoms with E-state index < -0.39 is 21.5 Å². The number of nitrogens with two attached hydrogens (primary N) is 1. The van der Waals surface area contributed by atoms with Gasteiger partial charge in [-0.3, -0.25) is 4.79 Å². The number of pyridine rings is 1. The zero-order valence-corrected chi connectivity index (χ0v) is 11.9. The first-order chi connectivity index (χ1) is 9.88. The van der Waals surface area contributed by atoms with Gasteiger partial charge in [-0.25, -0.2) is 4.98 Å². The lowest BCUT2D eigenvalue weighted by molar-refractivity contribution is -0.142. The van der Waals surface area contributed by atoms with E-state index >= 15 is 0 Å². The van der Waals surface area contributed by atoms with Crippen LogP contribution in [0.1, 0.15) is 19.3 Å². The Balaban J connectivity index is 1.69. The largest absolute Gasteiger partial charge is 0.463 e. The van der Waals surface area contributed by atoms with Crippen LogP contribution in [0.5, 0.6) is 0 Å². The molecule has 0 aromatic carbocycles. The molecule has 1 aromatic rings. The van der Waals surface area contributed by atoms with E-state index in [0.29, 0.717) is 5.69 Å². The molecule has 0 saturated heterocycles. The summed E-state index contributed by atoms with van der Waals surface area (Å²) in [7, 11) is -3.89. The third kappa shape index (κ3) is 3.03. The molecule has 1 aromatic heterocycles. The molecule has 3 N–H and O–H groups in total. The van der Waals surface area contributed by atoms with Crippen molar-refractivity contribution in [1.29, 1.82) is 0 Å². The quantitative estimate of drug-likeness (QED) is 0.751. The minimum Gasteiger partial charge on any atom is -0.463 e. The van der Waals surface area contributed by atoms with Crippen LogP contribution in [0.2, 0.25) is 0 Å². The number of aromatic nitrogens is 1. The highest BCUT2D eigenvalue weighted by Crippen LogP contribution is 2.32. The molecule has 0 atom stereocenters. The van der Waals surface area contributed by atoms with Crippen LogP contribution >= 0.6 is 0 Å². The summed E-state index contributed by atoms with van der Waals surface area (Å²) < 4.78 is 32.4.